The fraction of sp³-hybridized carbons (Fsp3) is 1.00. The van der Waals surface area contributed by atoms with Crippen LogP contribution in [0.3, 0.4) is 0 Å². The average molecular weight is 282 g/mol. The molecule has 1 aliphatic heterocycles. The first-order valence-electron chi connectivity index (χ1n) is 8.37. The second kappa shape index (κ2) is 5.91. The first-order valence-corrected chi connectivity index (χ1v) is 8.37. The summed E-state index contributed by atoms with van der Waals surface area (Å²) in [6.07, 6.45) is 7.83. The Labute approximate surface area is 122 Å². The highest BCUT2D eigenvalue weighted by molar-refractivity contribution is 4.97. The summed E-state index contributed by atoms with van der Waals surface area (Å²) < 4.78 is 5.91. The van der Waals surface area contributed by atoms with Crippen LogP contribution in [-0.2, 0) is 4.74 Å². The minimum Gasteiger partial charge on any atom is -0.394 e. The van der Waals surface area contributed by atoms with E-state index in [2.05, 4.69) is 24.1 Å². The summed E-state index contributed by atoms with van der Waals surface area (Å²) in [7, 11) is 0. The van der Waals surface area contributed by atoms with Gasteiger partial charge in [0.1, 0.15) is 0 Å². The highest BCUT2D eigenvalue weighted by Gasteiger charge is 2.40. The lowest BCUT2D eigenvalue weighted by molar-refractivity contribution is -0.0742. The van der Waals surface area contributed by atoms with Crippen LogP contribution >= 0.6 is 0 Å². The molecule has 4 unspecified atom stereocenters. The van der Waals surface area contributed by atoms with Crippen LogP contribution in [0.4, 0.5) is 0 Å². The SMILES string of the molecule is CC(CC(C)(CO)NC1CC1)N1CCOC2CCCC21. The molecule has 0 radical (unpaired) electrons. The Bertz CT molecular complexity index is 334. The van der Waals surface area contributed by atoms with Gasteiger partial charge in [0.05, 0.1) is 19.3 Å². The smallest absolute Gasteiger partial charge is 0.0731 e. The number of hydrogen-bond donors (Lipinski definition) is 2. The zero-order valence-electron chi connectivity index (χ0n) is 13.0. The third-order valence-corrected chi connectivity index (χ3v) is 5.32. The van der Waals surface area contributed by atoms with Gasteiger partial charge < -0.3 is 15.2 Å². The van der Waals surface area contributed by atoms with Crippen LogP contribution in [0.5, 0.6) is 0 Å². The molecule has 0 spiro atoms. The number of nitrogens with zero attached hydrogens (tertiary/aromatic N) is 1. The van der Waals surface area contributed by atoms with Gasteiger partial charge in [0.15, 0.2) is 0 Å². The normalized spacial score (nSPS) is 35.5. The molecule has 4 nitrogen and oxygen atoms in total. The Morgan fingerprint density at radius 2 is 2.15 bits per heavy atom. The Kier molecular flexibility index (Phi) is 4.37. The van der Waals surface area contributed by atoms with Crippen molar-refractivity contribution in [3.05, 3.63) is 0 Å². The Morgan fingerprint density at radius 3 is 2.85 bits per heavy atom. The van der Waals surface area contributed by atoms with Crippen molar-refractivity contribution in [2.75, 3.05) is 19.8 Å². The number of ether oxygens (including phenoxy) is 1. The van der Waals surface area contributed by atoms with Crippen molar-refractivity contribution in [3.63, 3.8) is 0 Å². The molecule has 2 aliphatic carbocycles. The van der Waals surface area contributed by atoms with Crippen molar-refractivity contribution in [2.24, 2.45) is 0 Å². The standard InChI is InChI=1S/C16H30N2O2/c1-12(10-16(2,11-19)17-13-6-7-13)18-8-9-20-15-5-3-4-14(15)18/h12-15,17,19H,3-11H2,1-2H3. The van der Waals surface area contributed by atoms with Gasteiger partial charge in [-0.25, -0.2) is 0 Å². The highest BCUT2D eigenvalue weighted by atomic mass is 16.5. The Balaban J connectivity index is 1.60. The molecule has 0 aromatic carbocycles. The highest BCUT2D eigenvalue weighted by Crippen LogP contribution is 2.33. The van der Waals surface area contributed by atoms with Crippen LogP contribution in [0.25, 0.3) is 0 Å². The summed E-state index contributed by atoms with van der Waals surface area (Å²) in [5.41, 5.74) is -0.132. The number of fused-ring (bicyclic) bond motifs is 1. The number of rotatable bonds is 6. The van der Waals surface area contributed by atoms with Crippen LogP contribution in [-0.4, -0.2) is 59.5 Å². The predicted molar refractivity (Wildman–Crippen MR) is 79.8 cm³/mol. The number of hydrogen-bond acceptors (Lipinski definition) is 4. The van der Waals surface area contributed by atoms with Gasteiger partial charge in [-0.05, 0) is 52.4 Å². The lowest BCUT2D eigenvalue weighted by atomic mass is 9.92. The Morgan fingerprint density at radius 1 is 1.35 bits per heavy atom. The summed E-state index contributed by atoms with van der Waals surface area (Å²) in [6.45, 7) is 6.65. The average Bonchev–Trinajstić information content (AvgIpc) is 3.10. The monoisotopic (exact) mass is 282 g/mol. The summed E-state index contributed by atoms with van der Waals surface area (Å²) in [4.78, 5) is 2.64. The lowest BCUT2D eigenvalue weighted by Gasteiger charge is -2.44. The second-order valence-corrected chi connectivity index (χ2v) is 7.34. The van der Waals surface area contributed by atoms with Crippen molar-refractivity contribution in [1.82, 2.24) is 10.2 Å². The number of aliphatic hydroxyl groups excluding tert-OH is 1. The summed E-state index contributed by atoms with van der Waals surface area (Å²) >= 11 is 0. The van der Waals surface area contributed by atoms with Crippen LogP contribution in [0.15, 0.2) is 0 Å². The zero-order valence-corrected chi connectivity index (χ0v) is 13.0. The van der Waals surface area contributed by atoms with E-state index in [1.807, 2.05) is 0 Å². The van der Waals surface area contributed by atoms with Crippen molar-refractivity contribution in [3.8, 4) is 0 Å². The molecule has 4 atom stereocenters. The van der Waals surface area contributed by atoms with Crippen LogP contribution < -0.4 is 5.32 Å². The predicted octanol–water partition coefficient (Wildman–Crippen LogP) is 1.52. The van der Waals surface area contributed by atoms with E-state index in [1.165, 1.54) is 32.1 Å². The minimum absolute atomic E-state index is 0.132. The molecule has 116 valence electrons. The lowest BCUT2D eigenvalue weighted by Crippen LogP contribution is -2.56. The molecule has 0 bridgehead atoms. The molecule has 3 aliphatic rings. The third kappa shape index (κ3) is 3.19. The molecule has 4 heteroatoms. The molecule has 0 aromatic rings. The van der Waals surface area contributed by atoms with Crippen molar-refractivity contribution >= 4 is 0 Å². The van der Waals surface area contributed by atoms with Gasteiger partial charge in [0.25, 0.3) is 0 Å². The van der Waals surface area contributed by atoms with E-state index in [9.17, 15) is 5.11 Å². The third-order valence-electron chi connectivity index (χ3n) is 5.32. The molecule has 3 rings (SSSR count). The van der Waals surface area contributed by atoms with Gasteiger partial charge in [-0.2, -0.15) is 0 Å². The van der Waals surface area contributed by atoms with Gasteiger partial charge in [0, 0.05) is 30.2 Å². The summed E-state index contributed by atoms with van der Waals surface area (Å²) in [5, 5.41) is 13.4. The van der Waals surface area contributed by atoms with E-state index >= 15 is 0 Å². The fourth-order valence-electron chi connectivity index (χ4n) is 4.16. The van der Waals surface area contributed by atoms with E-state index in [-0.39, 0.29) is 12.1 Å². The van der Waals surface area contributed by atoms with Crippen LogP contribution in [0.1, 0.15) is 52.4 Å². The van der Waals surface area contributed by atoms with Gasteiger partial charge in [-0.1, -0.05) is 0 Å². The van der Waals surface area contributed by atoms with Gasteiger partial charge >= 0.3 is 0 Å². The quantitative estimate of drug-likeness (QED) is 0.775. The summed E-state index contributed by atoms with van der Waals surface area (Å²) in [5.74, 6) is 0. The van der Waals surface area contributed by atoms with Gasteiger partial charge in [0.2, 0.25) is 0 Å². The molecule has 3 fully saturated rings. The van der Waals surface area contributed by atoms with Crippen LogP contribution in [0, 0.1) is 0 Å². The van der Waals surface area contributed by atoms with Gasteiger partial charge in [-0.3, -0.25) is 4.90 Å². The maximum atomic E-state index is 9.79. The second-order valence-electron chi connectivity index (χ2n) is 7.34. The van der Waals surface area contributed by atoms with E-state index in [0.717, 1.165) is 19.6 Å². The minimum atomic E-state index is -0.132. The van der Waals surface area contributed by atoms with Gasteiger partial charge in [-0.15, -0.1) is 0 Å². The summed E-state index contributed by atoms with van der Waals surface area (Å²) in [6, 6.07) is 1.76. The van der Waals surface area contributed by atoms with E-state index < -0.39 is 0 Å². The first-order chi connectivity index (χ1) is 9.61. The van der Waals surface area contributed by atoms with Crippen molar-refractivity contribution in [1.29, 1.82) is 0 Å². The molecule has 1 saturated heterocycles. The zero-order chi connectivity index (χ0) is 14.2. The molecule has 2 N–H and O–H groups in total. The van der Waals surface area contributed by atoms with Crippen molar-refractivity contribution < 1.29 is 9.84 Å². The van der Waals surface area contributed by atoms with Crippen LogP contribution in [0.2, 0.25) is 0 Å². The maximum absolute atomic E-state index is 9.79. The molecule has 1 heterocycles. The molecule has 0 amide bonds. The number of aliphatic hydroxyl groups is 1. The maximum Gasteiger partial charge on any atom is 0.0731 e. The topological polar surface area (TPSA) is 44.7 Å². The van der Waals surface area contributed by atoms with Crippen molar-refractivity contribution in [2.45, 2.75) is 82.1 Å². The molecular formula is C16H30N2O2. The molecule has 2 saturated carbocycles. The first kappa shape index (κ1) is 14.8. The molecular weight excluding hydrogens is 252 g/mol. The van der Waals surface area contributed by atoms with E-state index in [0.29, 0.717) is 24.2 Å². The number of nitrogens with one attached hydrogen (secondary N) is 1. The number of morpholine rings is 1. The van der Waals surface area contributed by atoms with E-state index in [4.69, 9.17) is 4.74 Å². The Hall–Kier alpha value is -0.160. The molecule has 20 heavy (non-hydrogen) atoms. The molecule has 0 aromatic heterocycles. The largest absolute Gasteiger partial charge is 0.394 e. The fourth-order valence-corrected chi connectivity index (χ4v) is 4.16. The van der Waals surface area contributed by atoms with E-state index in [1.54, 1.807) is 0 Å².